The lowest BCUT2D eigenvalue weighted by molar-refractivity contribution is -0.137. The molecule has 1 fully saturated rings. The van der Waals surface area contributed by atoms with Crippen molar-refractivity contribution in [2.75, 3.05) is 18.0 Å². The van der Waals surface area contributed by atoms with Crippen molar-refractivity contribution in [2.45, 2.75) is 32.6 Å². The van der Waals surface area contributed by atoms with Gasteiger partial charge in [0, 0.05) is 25.6 Å². The molecule has 3 aromatic rings. The molecule has 1 N–H and O–H groups in total. The predicted molar refractivity (Wildman–Crippen MR) is 109 cm³/mol. The highest BCUT2D eigenvalue weighted by Crippen LogP contribution is 2.36. The molecule has 0 saturated carbocycles. The van der Waals surface area contributed by atoms with Crippen LogP contribution in [-0.2, 0) is 4.79 Å². The zero-order chi connectivity index (χ0) is 21.4. The molecule has 1 aromatic carbocycles. The molecule has 0 bridgehead atoms. The molecule has 3 heterocycles. The Morgan fingerprint density at radius 3 is 2.57 bits per heavy atom. The van der Waals surface area contributed by atoms with E-state index < -0.39 is 23.4 Å². The SMILES string of the molecule is Cc1csc2c(N3CCC(CCC(=O)O)CC3)nc(-c3cc(F)c(F)cc3F)nc12. The first-order valence-corrected chi connectivity index (χ1v) is 10.6. The van der Waals surface area contributed by atoms with Crippen molar-refractivity contribution >= 4 is 33.3 Å². The molecule has 0 radical (unpaired) electrons. The van der Waals surface area contributed by atoms with E-state index in [9.17, 15) is 18.0 Å². The number of carbonyl (C=O) groups is 1. The number of piperidine rings is 1. The minimum absolute atomic E-state index is 0.0170. The van der Waals surface area contributed by atoms with Gasteiger partial charge in [-0.2, -0.15) is 0 Å². The van der Waals surface area contributed by atoms with Crippen molar-refractivity contribution in [1.82, 2.24) is 9.97 Å². The molecule has 158 valence electrons. The number of hydrogen-bond acceptors (Lipinski definition) is 5. The molecule has 4 rings (SSSR count). The molecule has 5 nitrogen and oxygen atoms in total. The lowest BCUT2D eigenvalue weighted by Crippen LogP contribution is -2.34. The lowest BCUT2D eigenvalue weighted by atomic mass is 9.92. The molecule has 30 heavy (non-hydrogen) atoms. The topological polar surface area (TPSA) is 66.3 Å². The number of carboxylic acid groups (broad SMARTS) is 1. The number of thiophene rings is 1. The van der Waals surface area contributed by atoms with Crippen molar-refractivity contribution in [3.63, 3.8) is 0 Å². The third-order valence-corrected chi connectivity index (χ3v) is 6.59. The van der Waals surface area contributed by atoms with Crippen LogP contribution in [0.5, 0.6) is 0 Å². The zero-order valence-electron chi connectivity index (χ0n) is 16.3. The van der Waals surface area contributed by atoms with Gasteiger partial charge in [0.15, 0.2) is 23.3 Å². The summed E-state index contributed by atoms with van der Waals surface area (Å²) >= 11 is 1.49. The van der Waals surface area contributed by atoms with Crippen LogP contribution >= 0.6 is 11.3 Å². The molecule has 0 unspecified atom stereocenters. The summed E-state index contributed by atoms with van der Waals surface area (Å²) in [7, 11) is 0. The van der Waals surface area contributed by atoms with Crippen molar-refractivity contribution < 1.29 is 23.1 Å². The fraction of sp³-hybridized carbons (Fsp3) is 0.381. The van der Waals surface area contributed by atoms with Gasteiger partial charge in [-0.1, -0.05) is 0 Å². The number of aromatic nitrogens is 2. The highest BCUT2D eigenvalue weighted by molar-refractivity contribution is 7.18. The lowest BCUT2D eigenvalue weighted by Gasteiger charge is -2.33. The van der Waals surface area contributed by atoms with E-state index >= 15 is 0 Å². The molecule has 9 heteroatoms. The maximum absolute atomic E-state index is 14.4. The average molecular weight is 435 g/mol. The predicted octanol–water partition coefficient (Wildman–Crippen LogP) is 5.17. The molecule has 0 spiro atoms. The van der Waals surface area contributed by atoms with E-state index in [-0.39, 0.29) is 17.8 Å². The van der Waals surface area contributed by atoms with E-state index in [1.54, 1.807) is 0 Å². The second-order valence-electron chi connectivity index (χ2n) is 7.58. The number of hydrogen-bond donors (Lipinski definition) is 1. The fourth-order valence-electron chi connectivity index (χ4n) is 3.81. The van der Waals surface area contributed by atoms with Gasteiger partial charge in [-0.3, -0.25) is 4.79 Å². The highest BCUT2D eigenvalue weighted by Gasteiger charge is 2.25. The Morgan fingerprint density at radius 2 is 1.87 bits per heavy atom. The Kier molecular flexibility index (Phi) is 5.64. The summed E-state index contributed by atoms with van der Waals surface area (Å²) in [5, 5.41) is 10.8. The Bertz CT molecular complexity index is 1110. The van der Waals surface area contributed by atoms with E-state index in [2.05, 4.69) is 14.9 Å². The maximum atomic E-state index is 14.4. The molecule has 1 saturated heterocycles. The van der Waals surface area contributed by atoms with Gasteiger partial charge in [0.05, 0.1) is 15.8 Å². The molecule has 0 amide bonds. The van der Waals surface area contributed by atoms with Crippen molar-refractivity contribution in [3.8, 4) is 11.4 Å². The van der Waals surface area contributed by atoms with Crippen molar-refractivity contribution in [3.05, 3.63) is 40.5 Å². The Balaban J connectivity index is 1.69. The monoisotopic (exact) mass is 435 g/mol. The van der Waals surface area contributed by atoms with Gasteiger partial charge in [0.25, 0.3) is 0 Å². The van der Waals surface area contributed by atoms with Crippen LogP contribution in [0.4, 0.5) is 19.0 Å². The summed E-state index contributed by atoms with van der Waals surface area (Å²) in [5.41, 5.74) is 1.38. The molecule has 0 atom stereocenters. The molecular weight excluding hydrogens is 415 g/mol. The van der Waals surface area contributed by atoms with Gasteiger partial charge >= 0.3 is 5.97 Å². The van der Waals surface area contributed by atoms with Crippen LogP contribution in [0.3, 0.4) is 0 Å². The van der Waals surface area contributed by atoms with Gasteiger partial charge in [-0.25, -0.2) is 23.1 Å². The van der Waals surface area contributed by atoms with Crippen molar-refractivity contribution in [2.24, 2.45) is 5.92 Å². The second kappa shape index (κ2) is 8.22. The number of fused-ring (bicyclic) bond motifs is 1. The number of halogens is 3. The largest absolute Gasteiger partial charge is 0.481 e. The normalized spacial score (nSPS) is 15.1. The van der Waals surface area contributed by atoms with Gasteiger partial charge < -0.3 is 10.0 Å². The number of rotatable bonds is 5. The number of benzene rings is 1. The maximum Gasteiger partial charge on any atom is 0.303 e. The quantitative estimate of drug-likeness (QED) is 0.561. The van der Waals surface area contributed by atoms with Crippen LogP contribution < -0.4 is 4.90 Å². The highest BCUT2D eigenvalue weighted by atomic mass is 32.1. The minimum atomic E-state index is -1.26. The van der Waals surface area contributed by atoms with Crippen molar-refractivity contribution in [1.29, 1.82) is 0 Å². The minimum Gasteiger partial charge on any atom is -0.481 e. The first-order chi connectivity index (χ1) is 14.3. The summed E-state index contributed by atoms with van der Waals surface area (Å²) < 4.78 is 42.4. The molecule has 0 aliphatic carbocycles. The Labute approximate surface area is 175 Å². The van der Waals surface area contributed by atoms with E-state index in [1.807, 2.05) is 12.3 Å². The summed E-state index contributed by atoms with van der Waals surface area (Å²) in [6, 6.07) is 1.29. The van der Waals surface area contributed by atoms with Gasteiger partial charge in [0.2, 0.25) is 0 Å². The second-order valence-corrected chi connectivity index (χ2v) is 8.46. The van der Waals surface area contributed by atoms with Crippen LogP contribution in [-0.4, -0.2) is 34.1 Å². The standard InChI is InChI=1S/C21H20F3N3O2S/c1-11-10-30-19-18(11)25-20(13-8-15(23)16(24)9-14(13)22)26-21(19)27-6-4-12(5-7-27)2-3-17(28)29/h8-10,12H,2-7H2,1H3,(H,28,29). The van der Waals surface area contributed by atoms with Crippen LogP contribution in [0.15, 0.2) is 17.5 Å². The fourth-order valence-corrected chi connectivity index (χ4v) is 4.81. The molecule has 1 aliphatic rings. The molecular formula is C21H20F3N3O2S. The summed E-state index contributed by atoms with van der Waals surface area (Å²) in [5.74, 6) is -3.12. The van der Waals surface area contributed by atoms with E-state index in [4.69, 9.17) is 5.11 Å². The first kappa shape index (κ1) is 20.6. The molecule has 1 aliphatic heterocycles. The van der Waals surface area contributed by atoms with Gasteiger partial charge in [0.1, 0.15) is 5.82 Å². The number of anilines is 1. The van der Waals surface area contributed by atoms with E-state index in [1.165, 1.54) is 11.3 Å². The Hall–Kier alpha value is -2.68. The first-order valence-electron chi connectivity index (χ1n) is 9.71. The summed E-state index contributed by atoms with van der Waals surface area (Å²) in [6.07, 6.45) is 2.47. The van der Waals surface area contributed by atoms with Crippen LogP contribution in [0, 0.1) is 30.3 Å². The van der Waals surface area contributed by atoms with Gasteiger partial charge in [-0.05, 0) is 49.1 Å². The third kappa shape index (κ3) is 3.98. The van der Waals surface area contributed by atoms with Gasteiger partial charge in [-0.15, -0.1) is 11.3 Å². The number of aliphatic carboxylic acids is 1. The summed E-state index contributed by atoms with van der Waals surface area (Å²) in [6.45, 7) is 3.26. The average Bonchev–Trinajstić information content (AvgIpc) is 3.10. The van der Waals surface area contributed by atoms with E-state index in [0.29, 0.717) is 42.8 Å². The number of nitrogens with zero attached hydrogens (tertiary/aromatic N) is 3. The smallest absolute Gasteiger partial charge is 0.303 e. The zero-order valence-corrected chi connectivity index (χ0v) is 17.1. The van der Waals surface area contributed by atoms with E-state index in [0.717, 1.165) is 29.2 Å². The van der Waals surface area contributed by atoms with Crippen LogP contribution in [0.2, 0.25) is 0 Å². The van der Waals surface area contributed by atoms with Crippen LogP contribution in [0.25, 0.3) is 21.6 Å². The molecule has 2 aromatic heterocycles. The van der Waals surface area contributed by atoms with Crippen LogP contribution in [0.1, 0.15) is 31.2 Å². The number of aryl methyl sites for hydroxylation is 1. The third-order valence-electron chi connectivity index (χ3n) is 5.51. The Morgan fingerprint density at radius 1 is 1.17 bits per heavy atom. The summed E-state index contributed by atoms with van der Waals surface area (Å²) in [4.78, 5) is 21.9. The number of carboxylic acids is 1.